The molecule has 0 aliphatic carbocycles. The lowest BCUT2D eigenvalue weighted by Crippen LogP contribution is -2.40. The monoisotopic (exact) mass is 351 g/mol. The number of benzene rings is 2. The van der Waals surface area contributed by atoms with Gasteiger partial charge in [-0.2, -0.15) is 0 Å². The predicted octanol–water partition coefficient (Wildman–Crippen LogP) is 4.00. The number of aromatic nitrogens is 1. The van der Waals surface area contributed by atoms with Crippen LogP contribution in [0, 0.1) is 0 Å². The molecule has 0 aliphatic rings. The zero-order valence-corrected chi connectivity index (χ0v) is 15.2. The highest BCUT2D eigenvalue weighted by Crippen LogP contribution is 2.24. The van der Waals surface area contributed by atoms with E-state index in [0.29, 0.717) is 13.2 Å². The predicted molar refractivity (Wildman–Crippen MR) is 104 cm³/mol. The van der Waals surface area contributed by atoms with E-state index < -0.39 is 0 Å². The molecule has 0 saturated carbocycles. The van der Waals surface area contributed by atoms with Gasteiger partial charge in [0.2, 0.25) is 0 Å². The number of aromatic amines is 1. The number of urea groups is 1. The summed E-state index contributed by atoms with van der Waals surface area (Å²) >= 11 is 0. The lowest BCUT2D eigenvalue weighted by Gasteiger charge is -2.09. The maximum Gasteiger partial charge on any atom is 0.314 e. The van der Waals surface area contributed by atoms with Crippen LogP contribution in [0.2, 0.25) is 0 Å². The van der Waals surface area contributed by atoms with E-state index in [0.717, 1.165) is 28.6 Å². The molecule has 136 valence electrons. The molecule has 0 radical (unpaired) electrons. The van der Waals surface area contributed by atoms with Gasteiger partial charge in [0.25, 0.3) is 0 Å². The summed E-state index contributed by atoms with van der Waals surface area (Å²) in [6.07, 6.45) is 2.77. The molecule has 2 amide bonds. The van der Waals surface area contributed by atoms with Gasteiger partial charge in [0, 0.05) is 35.8 Å². The highest BCUT2D eigenvalue weighted by atomic mass is 16.5. The number of rotatable bonds is 7. The van der Waals surface area contributed by atoms with Crippen LogP contribution >= 0.6 is 0 Å². The molecule has 0 fully saturated rings. The van der Waals surface area contributed by atoms with Gasteiger partial charge in [-0.1, -0.05) is 30.3 Å². The van der Waals surface area contributed by atoms with Gasteiger partial charge in [-0.15, -0.1) is 0 Å². The van der Waals surface area contributed by atoms with Crippen LogP contribution in [0.5, 0.6) is 5.75 Å². The lowest BCUT2D eigenvalue weighted by atomic mass is 10.1. The van der Waals surface area contributed by atoms with E-state index >= 15 is 0 Å². The Bertz CT molecular complexity index is 856. The minimum Gasteiger partial charge on any atom is -0.489 e. The lowest BCUT2D eigenvalue weighted by molar-refractivity contribution is 0.238. The third kappa shape index (κ3) is 4.79. The second kappa shape index (κ2) is 8.43. The summed E-state index contributed by atoms with van der Waals surface area (Å²) in [6.45, 7) is 5.03. The van der Waals surface area contributed by atoms with Gasteiger partial charge in [-0.05, 0) is 43.5 Å². The van der Waals surface area contributed by atoms with Crippen molar-refractivity contribution in [2.75, 3.05) is 6.54 Å². The molecular weight excluding hydrogens is 326 g/mol. The van der Waals surface area contributed by atoms with Gasteiger partial charge in [0.05, 0.1) is 0 Å². The molecule has 0 bridgehead atoms. The van der Waals surface area contributed by atoms with E-state index in [1.807, 2.05) is 62.5 Å². The molecule has 0 atom stereocenters. The van der Waals surface area contributed by atoms with Gasteiger partial charge < -0.3 is 20.4 Å². The van der Waals surface area contributed by atoms with Crippen LogP contribution in [-0.2, 0) is 13.0 Å². The minimum absolute atomic E-state index is 0.128. The van der Waals surface area contributed by atoms with Crippen LogP contribution in [-0.4, -0.2) is 23.6 Å². The topological polar surface area (TPSA) is 66.2 Å². The Kier molecular flexibility index (Phi) is 5.79. The molecular formula is C21H25N3O2. The summed E-state index contributed by atoms with van der Waals surface area (Å²) < 4.78 is 5.87. The van der Waals surface area contributed by atoms with Crippen LogP contribution < -0.4 is 15.4 Å². The molecule has 3 aromatic rings. The Morgan fingerprint density at radius 3 is 2.73 bits per heavy atom. The van der Waals surface area contributed by atoms with E-state index in [9.17, 15) is 4.79 Å². The number of nitrogens with one attached hydrogen (secondary N) is 3. The Balaban J connectivity index is 1.57. The van der Waals surface area contributed by atoms with Gasteiger partial charge >= 0.3 is 6.03 Å². The quantitative estimate of drug-likeness (QED) is 0.602. The number of ether oxygens (including phenoxy) is 1. The minimum atomic E-state index is -0.128. The first kappa shape index (κ1) is 17.9. The highest BCUT2D eigenvalue weighted by molar-refractivity contribution is 5.84. The first-order chi connectivity index (χ1) is 12.6. The molecule has 2 aromatic carbocycles. The van der Waals surface area contributed by atoms with Crippen LogP contribution in [0.1, 0.15) is 25.0 Å². The van der Waals surface area contributed by atoms with E-state index in [1.54, 1.807) is 0 Å². The number of fused-ring (bicyclic) bond motifs is 1. The van der Waals surface area contributed by atoms with Crippen molar-refractivity contribution in [1.29, 1.82) is 0 Å². The van der Waals surface area contributed by atoms with Crippen molar-refractivity contribution in [3.63, 3.8) is 0 Å². The standard InChI is InChI=1S/C21H25N3O2/c1-15(2)24-21(25)22-11-10-17-13-23-20-12-18(8-9-19(17)20)26-14-16-6-4-3-5-7-16/h3-9,12-13,15,23H,10-11,14H2,1-2H3,(H2,22,24,25). The molecule has 0 unspecified atom stereocenters. The van der Waals surface area contributed by atoms with Crippen molar-refractivity contribution in [1.82, 2.24) is 15.6 Å². The zero-order chi connectivity index (χ0) is 18.4. The molecule has 3 rings (SSSR count). The SMILES string of the molecule is CC(C)NC(=O)NCCc1c[nH]c2cc(OCc3ccccc3)ccc12. The van der Waals surface area contributed by atoms with E-state index in [4.69, 9.17) is 4.74 Å². The average molecular weight is 351 g/mol. The molecule has 0 saturated heterocycles. The maximum absolute atomic E-state index is 11.6. The Hall–Kier alpha value is -2.95. The third-order valence-electron chi connectivity index (χ3n) is 4.09. The van der Waals surface area contributed by atoms with Crippen LogP contribution in [0.4, 0.5) is 4.79 Å². The van der Waals surface area contributed by atoms with Gasteiger partial charge in [0.15, 0.2) is 0 Å². The largest absolute Gasteiger partial charge is 0.489 e. The second-order valence-electron chi connectivity index (χ2n) is 6.60. The summed E-state index contributed by atoms with van der Waals surface area (Å²) in [7, 11) is 0. The number of hydrogen-bond donors (Lipinski definition) is 3. The maximum atomic E-state index is 11.6. The smallest absolute Gasteiger partial charge is 0.314 e. The summed E-state index contributed by atoms with van der Waals surface area (Å²) in [5.41, 5.74) is 3.36. The normalized spacial score (nSPS) is 10.9. The van der Waals surface area contributed by atoms with Crippen molar-refractivity contribution in [3.8, 4) is 5.75 Å². The summed E-state index contributed by atoms with van der Waals surface area (Å²) in [6, 6.07) is 16.2. The molecule has 3 N–H and O–H groups in total. The van der Waals surface area contributed by atoms with Gasteiger partial charge in [-0.3, -0.25) is 0 Å². The average Bonchev–Trinajstić information content (AvgIpc) is 3.02. The Morgan fingerprint density at radius 1 is 1.15 bits per heavy atom. The first-order valence-corrected chi connectivity index (χ1v) is 8.93. The molecule has 5 heteroatoms. The summed E-state index contributed by atoms with van der Waals surface area (Å²) in [5.74, 6) is 0.837. The number of carbonyl (C=O) groups excluding carboxylic acids is 1. The van der Waals surface area contributed by atoms with E-state index in [-0.39, 0.29) is 12.1 Å². The fraction of sp³-hybridized carbons (Fsp3) is 0.286. The molecule has 0 spiro atoms. The summed E-state index contributed by atoms with van der Waals surface area (Å²) in [4.78, 5) is 14.9. The molecule has 0 aliphatic heterocycles. The number of H-pyrrole nitrogens is 1. The third-order valence-corrected chi connectivity index (χ3v) is 4.09. The van der Waals surface area contributed by atoms with Crippen molar-refractivity contribution in [2.45, 2.75) is 32.9 Å². The van der Waals surface area contributed by atoms with Crippen molar-refractivity contribution < 1.29 is 9.53 Å². The van der Waals surface area contributed by atoms with Crippen LogP contribution in [0.3, 0.4) is 0 Å². The Morgan fingerprint density at radius 2 is 1.96 bits per heavy atom. The molecule has 5 nitrogen and oxygen atoms in total. The first-order valence-electron chi connectivity index (χ1n) is 8.93. The number of amides is 2. The van der Waals surface area contributed by atoms with Crippen LogP contribution in [0.15, 0.2) is 54.7 Å². The molecule has 26 heavy (non-hydrogen) atoms. The highest BCUT2D eigenvalue weighted by Gasteiger charge is 2.07. The van der Waals surface area contributed by atoms with E-state index in [2.05, 4.69) is 21.7 Å². The van der Waals surface area contributed by atoms with Gasteiger partial charge in [0.1, 0.15) is 12.4 Å². The van der Waals surface area contributed by atoms with Crippen LogP contribution in [0.25, 0.3) is 10.9 Å². The molecule has 1 aromatic heterocycles. The zero-order valence-electron chi connectivity index (χ0n) is 15.2. The van der Waals surface area contributed by atoms with Gasteiger partial charge in [-0.25, -0.2) is 4.79 Å². The van der Waals surface area contributed by atoms with Crippen molar-refractivity contribution in [3.05, 3.63) is 65.9 Å². The fourth-order valence-electron chi connectivity index (χ4n) is 2.83. The molecule has 1 heterocycles. The van der Waals surface area contributed by atoms with Crippen molar-refractivity contribution in [2.24, 2.45) is 0 Å². The number of hydrogen-bond acceptors (Lipinski definition) is 2. The number of carbonyl (C=O) groups is 1. The Labute approximate surface area is 153 Å². The second-order valence-corrected chi connectivity index (χ2v) is 6.60. The van der Waals surface area contributed by atoms with Crippen molar-refractivity contribution >= 4 is 16.9 Å². The van der Waals surface area contributed by atoms with E-state index in [1.165, 1.54) is 5.56 Å². The summed E-state index contributed by atoms with van der Waals surface area (Å²) in [5, 5.41) is 6.85. The fourth-order valence-corrected chi connectivity index (χ4v) is 2.83.